The van der Waals surface area contributed by atoms with Gasteiger partial charge in [0.1, 0.15) is 11.3 Å². The topological polar surface area (TPSA) is 41.0 Å². The summed E-state index contributed by atoms with van der Waals surface area (Å²) in [6.07, 6.45) is 1.86. The minimum absolute atomic E-state index is 0.171. The van der Waals surface area contributed by atoms with E-state index >= 15 is 0 Å². The molecule has 0 spiro atoms. The van der Waals surface area contributed by atoms with Crippen molar-refractivity contribution >= 4 is 19.0 Å². The molecular weight excluding hydrogens is 232 g/mol. The number of hydrogen-bond acceptors (Lipinski definition) is 2. The molecule has 1 saturated heterocycles. The highest BCUT2D eigenvalue weighted by Crippen LogP contribution is 2.24. The van der Waals surface area contributed by atoms with E-state index in [1.54, 1.807) is 16.7 Å². The van der Waals surface area contributed by atoms with Crippen LogP contribution in [-0.4, -0.2) is 35.4 Å². The Morgan fingerprint density at radius 3 is 2.78 bits per heavy atom. The van der Waals surface area contributed by atoms with E-state index in [1.165, 1.54) is 6.07 Å². The molecule has 0 radical (unpaired) electrons. The molecule has 4 nitrogen and oxygen atoms in total. The first-order chi connectivity index (χ1) is 8.66. The van der Waals surface area contributed by atoms with Crippen molar-refractivity contribution in [2.45, 2.75) is 18.9 Å². The second kappa shape index (κ2) is 4.28. The first kappa shape index (κ1) is 11.5. The minimum atomic E-state index is -0.365. The molecule has 94 valence electrons. The van der Waals surface area contributed by atoms with Gasteiger partial charge >= 0.3 is 5.69 Å². The highest BCUT2D eigenvalue weighted by atomic mass is 19.1. The predicted molar refractivity (Wildman–Crippen MR) is 70.9 cm³/mol. The molecule has 0 unspecified atom stereocenters. The maximum atomic E-state index is 13.6. The number of nitrogens with zero attached hydrogens (tertiary/aromatic N) is 2. The number of nitrogens with one attached hydrogen (secondary N) is 1. The molecule has 1 fully saturated rings. The van der Waals surface area contributed by atoms with Crippen LogP contribution in [0.2, 0.25) is 0 Å². The molecule has 0 amide bonds. The van der Waals surface area contributed by atoms with Crippen LogP contribution in [0.3, 0.4) is 0 Å². The van der Waals surface area contributed by atoms with Crippen molar-refractivity contribution in [2.24, 2.45) is 0 Å². The fourth-order valence-electron chi connectivity index (χ4n) is 2.73. The number of benzene rings is 1. The highest BCUT2D eigenvalue weighted by molar-refractivity contribution is 6.04. The quantitative estimate of drug-likeness (QED) is 0.752. The van der Waals surface area contributed by atoms with E-state index < -0.39 is 0 Å². The van der Waals surface area contributed by atoms with Crippen LogP contribution >= 0.6 is 0 Å². The Bertz CT molecular complexity index is 628. The number of aromatic nitrogens is 2. The summed E-state index contributed by atoms with van der Waals surface area (Å²) < 4.78 is 15.3. The van der Waals surface area contributed by atoms with Gasteiger partial charge in [-0.05, 0) is 38.1 Å². The molecule has 1 N–H and O–H groups in total. The zero-order valence-corrected chi connectivity index (χ0v) is 10.3. The van der Waals surface area contributed by atoms with Crippen molar-refractivity contribution in [2.75, 3.05) is 13.1 Å². The van der Waals surface area contributed by atoms with Gasteiger partial charge in [-0.15, -0.1) is 0 Å². The first-order valence-corrected chi connectivity index (χ1v) is 6.24. The normalized spacial score (nSPS) is 18.5. The summed E-state index contributed by atoms with van der Waals surface area (Å²) in [6, 6.07) is 4.99. The van der Waals surface area contributed by atoms with Crippen molar-refractivity contribution in [3.8, 4) is 0 Å². The smallest absolute Gasteiger partial charge is 0.326 e. The minimum Gasteiger partial charge on any atom is -0.349 e. The SMILES string of the molecule is BN1CCC(n2c(=O)[nH]c3c(F)cccc32)CC1. The Morgan fingerprint density at radius 1 is 1.33 bits per heavy atom. The lowest BCUT2D eigenvalue weighted by Gasteiger charge is -2.30. The molecule has 1 aliphatic rings. The predicted octanol–water partition coefficient (Wildman–Crippen LogP) is 0.654. The molecular formula is C12H15BFN3O. The molecule has 1 aromatic carbocycles. The molecule has 18 heavy (non-hydrogen) atoms. The Balaban J connectivity index is 2.09. The number of aromatic amines is 1. The molecule has 3 rings (SSSR count). The number of fused-ring (bicyclic) bond motifs is 1. The molecule has 1 aromatic heterocycles. The van der Waals surface area contributed by atoms with Gasteiger partial charge in [-0.25, -0.2) is 9.18 Å². The van der Waals surface area contributed by atoms with Crippen molar-refractivity contribution in [1.82, 2.24) is 14.4 Å². The highest BCUT2D eigenvalue weighted by Gasteiger charge is 2.22. The molecule has 2 heterocycles. The third kappa shape index (κ3) is 1.77. The summed E-state index contributed by atoms with van der Waals surface area (Å²) in [5.41, 5.74) is 0.792. The third-order valence-electron chi connectivity index (χ3n) is 3.76. The van der Waals surface area contributed by atoms with Gasteiger partial charge in [-0.2, -0.15) is 0 Å². The van der Waals surface area contributed by atoms with E-state index in [1.807, 2.05) is 0 Å². The molecule has 0 aliphatic carbocycles. The molecule has 0 atom stereocenters. The lowest BCUT2D eigenvalue weighted by Crippen LogP contribution is -2.35. The van der Waals surface area contributed by atoms with Crippen molar-refractivity contribution in [3.63, 3.8) is 0 Å². The van der Waals surface area contributed by atoms with E-state index in [9.17, 15) is 9.18 Å². The number of hydrogen-bond donors (Lipinski definition) is 1. The van der Waals surface area contributed by atoms with E-state index in [4.69, 9.17) is 0 Å². The standard InChI is InChI=1S/C12H15BFN3O/c13-16-6-4-8(5-7-16)17-10-3-1-2-9(14)11(10)15-12(17)18/h1-3,8H,4-7,13H2,(H,15,18). The Labute approximate surface area is 105 Å². The molecule has 0 bridgehead atoms. The average molecular weight is 247 g/mol. The number of imidazole rings is 1. The van der Waals surface area contributed by atoms with Gasteiger partial charge in [0, 0.05) is 6.04 Å². The van der Waals surface area contributed by atoms with Gasteiger partial charge in [-0.1, -0.05) is 6.07 Å². The van der Waals surface area contributed by atoms with E-state index in [2.05, 4.69) is 17.8 Å². The lowest BCUT2D eigenvalue weighted by atomic mass is 10.0. The van der Waals surface area contributed by atoms with Gasteiger partial charge in [0.05, 0.1) is 5.52 Å². The molecule has 6 heteroatoms. The summed E-state index contributed by atoms with van der Waals surface area (Å²) >= 11 is 0. The summed E-state index contributed by atoms with van der Waals surface area (Å²) in [6.45, 7) is 1.94. The van der Waals surface area contributed by atoms with Crippen molar-refractivity contribution in [3.05, 3.63) is 34.5 Å². The van der Waals surface area contributed by atoms with E-state index in [0.29, 0.717) is 11.0 Å². The van der Waals surface area contributed by atoms with Gasteiger partial charge in [-0.3, -0.25) is 4.57 Å². The number of piperidine rings is 1. The summed E-state index contributed by atoms with van der Waals surface area (Å²) in [5, 5.41) is 0. The van der Waals surface area contributed by atoms with Crippen LogP contribution in [0.25, 0.3) is 11.0 Å². The van der Waals surface area contributed by atoms with Crippen LogP contribution in [0.1, 0.15) is 18.9 Å². The molecule has 0 saturated carbocycles. The largest absolute Gasteiger partial charge is 0.349 e. The van der Waals surface area contributed by atoms with Gasteiger partial charge in [0.15, 0.2) is 7.98 Å². The maximum Gasteiger partial charge on any atom is 0.326 e. The Hall–Kier alpha value is -1.56. The zero-order valence-electron chi connectivity index (χ0n) is 10.3. The van der Waals surface area contributed by atoms with Crippen molar-refractivity contribution in [1.29, 1.82) is 0 Å². The first-order valence-electron chi connectivity index (χ1n) is 6.24. The molecule has 2 aromatic rings. The zero-order chi connectivity index (χ0) is 12.7. The third-order valence-corrected chi connectivity index (χ3v) is 3.76. The monoisotopic (exact) mass is 247 g/mol. The second-order valence-corrected chi connectivity index (χ2v) is 4.97. The van der Waals surface area contributed by atoms with Gasteiger partial charge < -0.3 is 9.79 Å². The van der Waals surface area contributed by atoms with Crippen LogP contribution in [-0.2, 0) is 0 Å². The number of halogens is 1. The summed E-state index contributed by atoms with van der Waals surface area (Å²) in [4.78, 5) is 16.9. The van der Waals surface area contributed by atoms with E-state index in [-0.39, 0.29) is 17.5 Å². The number of rotatable bonds is 1. The van der Waals surface area contributed by atoms with Crippen molar-refractivity contribution < 1.29 is 4.39 Å². The van der Waals surface area contributed by atoms with Crippen LogP contribution in [0.4, 0.5) is 4.39 Å². The van der Waals surface area contributed by atoms with Gasteiger partial charge in [0.25, 0.3) is 0 Å². The Kier molecular flexibility index (Phi) is 2.74. The average Bonchev–Trinajstić information content (AvgIpc) is 2.69. The fourth-order valence-corrected chi connectivity index (χ4v) is 2.73. The van der Waals surface area contributed by atoms with E-state index in [0.717, 1.165) is 25.9 Å². The summed E-state index contributed by atoms with van der Waals surface area (Å²) in [5.74, 6) is -0.365. The maximum absolute atomic E-state index is 13.6. The number of H-pyrrole nitrogens is 1. The lowest BCUT2D eigenvalue weighted by molar-refractivity contribution is 0.283. The fraction of sp³-hybridized carbons (Fsp3) is 0.417. The van der Waals surface area contributed by atoms with Crippen LogP contribution in [0.5, 0.6) is 0 Å². The van der Waals surface area contributed by atoms with Crippen LogP contribution in [0, 0.1) is 5.82 Å². The second-order valence-electron chi connectivity index (χ2n) is 4.97. The van der Waals surface area contributed by atoms with Crippen LogP contribution in [0.15, 0.2) is 23.0 Å². The number of para-hydroxylation sites is 1. The summed E-state index contributed by atoms with van der Waals surface area (Å²) in [7, 11) is 2.08. The Morgan fingerprint density at radius 2 is 2.06 bits per heavy atom. The van der Waals surface area contributed by atoms with Crippen LogP contribution < -0.4 is 5.69 Å². The molecule has 1 aliphatic heterocycles. The van der Waals surface area contributed by atoms with Gasteiger partial charge in [0.2, 0.25) is 0 Å².